The van der Waals surface area contributed by atoms with E-state index in [0.717, 1.165) is 19.3 Å². The maximum absolute atomic E-state index is 9.50. The van der Waals surface area contributed by atoms with Gasteiger partial charge < -0.3 is 10.4 Å². The molecule has 6 nitrogen and oxygen atoms in total. The summed E-state index contributed by atoms with van der Waals surface area (Å²) in [6.45, 7) is 0.599. The molecule has 2 aromatic rings. The summed E-state index contributed by atoms with van der Waals surface area (Å²) in [5.41, 5.74) is 2.49. The molecule has 1 aromatic heterocycles. The Balaban J connectivity index is 1.75. The number of nitrogens with zero attached hydrogens (tertiary/aromatic N) is 3. The highest BCUT2D eigenvalue weighted by atomic mass is 16.3. The van der Waals surface area contributed by atoms with Crippen molar-refractivity contribution in [3.63, 3.8) is 0 Å². The lowest BCUT2D eigenvalue weighted by Gasteiger charge is -2.26. The van der Waals surface area contributed by atoms with E-state index in [9.17, 15) is 5.11 Å². The quantitative estimate of drug-likeness (QED) is 0.753. The minimum atomic E-state index is 0.299. The molecule has 0 bridgehead atoms. The Kier molecular flexibility index (Phi) is 2.93. The fourth-order valence-electron chi connectivity index (χ4n) is 2.48. The summed E-state index contributed by atoms with van der Waals surface area (Å²) in [4.78, 5) is 0. The van der Waals surface area contributed by atoms with Gasteiger partial charge in [-0.25, -0.2) is 0 Å². The molecule has 0 saturated carbocycles. The summed E-state index contributed by atoms with van der Waals surface area (Å²) in [6.07, 6.45) is 3.25. The van der Waals surface area contributed by atoms with E-state index in [2.05, 4.69) is 25.9 Å². The van der Waals surface area contributed by atoms with Crippen LogP contribution in [0.4, 0.5) is 0 Å². The first-order valence-corrected chi connectivity index (χ1v) is 6.10. The van der Waals surface area contributed by atoms with E-state index in [0.29, 0.717) is 24.2 Å². The predicted molar refractivity (Wildman–Crippen MR) is 64.8 cm³/mol. The van der Waals surface area contributed by atoms with Crippen molar-refractivity contribution in [3.05, 3.63) is 35.2 Å². The van der Waals surface area contributed by atoms with Crippen LogP contribution in [0.2, 0.25) is 0 Å². The molecule has 0 saturated heterocycles. The molecule has 1 aromatic carbocycles. The Bertz CT molecular complexity index is 525. The minimum absolute atomic E-state index is 0.299. The summed E-state index contributed by atoms with van der Waals surface area (Å²) in [5, 5.41) is 26.7. The van der Waals surface area contributed by atoms with Crippen molar-refractivity contribution >= 4 is 0 Å². The second-order valence-corrected chi connectivity index (χ2v) is 4.54. The Hall–Kier alpha value is -1.95. The summed E-state index contributed by atoms with van der Waals surface area (Å²) >= 11 is 0. The first-order valence-electron chi connectivity index (χ1n) is 6.10. The molecule has 0 fully saturated rings. The summed E-state index contributed by atoms with van der Waals surface area (Å²) in [5.74, 6) is 1.01. The highest BCUT2D eigenvalue weighted by Gasteiger charge is 2.20. The molecule has 1 heterocycles. The molecule has 0 spiro atoms. The first-order chi connectivity index (χ1) is 8.83. The van der Waals surface area contributed by atoms with Gasteiger partial charge in [-0.3, -0.25) is 0 Å². The Labute approximate surface area is 104 Å². The van der Waals surface area contributed by atoms with E-state index in [1.165, 1.54) is 11.1 Å². The third kappa shape index (κ3) is 2.19. The minimum Gasteiger partial charge on any atom is -0.508 e. The van der Waals surface area contributed by atoms with Crippen LogP contribution < -0.4 is 5.32 Å². The third-order valence-electron chi connectivity index (χ3n) is 3.34. The molecule has 1 aliphatic carbocycles. The lowest BCUT2D eigenvalue weighted by atomic mass is 9.87. The second-order valence-electron chi connectivity index (χ2n) is 4.54. The van der Waals surface area contributed by atoms with E-state index in [-0.39, 0.29) is 0 Å². The van der Waals surface area contributed by atoms with Crippen molar-refractivity contribution in [2.45, 2.75) is 31.8 Å². The van der Waals surface area contributed by atoms with Crippen molar-refractivity contribution in [1.82, 2.24) is 25.9 Å². The van der Waals surface area contributed by atoms with Gasteiger partial charge in [0.2, 0.25) is 0 Å². The van der Waals surface area contributed by atoms with Gasteiger partial charge in [-0.2, -0.15) is 5.21 Å². The molecule has 6 heteroatoms. The lowest BCUT2D eigenvalue weighted by Crippen LogP contribution is -2.25. The number of aromatic nitrogens is 4. The average molecular weight is 245 g/mol. The second kappa shape index (κ2) is 4.73. The van der Waals surface area contributed by atoms with Crippen LogP contribution in [0.5, 0.6) is 5.75 Å². The van der Waals surface area contributed by atoms with Crippen LogP contribution in [0.1, 0.15) is 35.8 Å². The molecule has 94 valence electrons. The molecule has 3 N–H and O–H groups in total. The number of aryl methyl sites for hydroxylation is 1. The van der Waals surface area contributed by atoms with Crippen molar-refractivity contribution < 1.29 is 5.11 Å². The topological polar surface area (TPSA) is 86.7 Å². The standard InChI is InChI=1S/C12H15N5O/c18-9-4-5-10-8(6-9)2-1-3-11(10)13-7-12-14-16-17-15-12/h4-6,11,13,18H,1-3,7H2,(H,14,15,16,17). The number of tetrazole rings is 1. The van der Waals surface area contributed by atoms with Crippen molar-refractivity contribution in [1.29, 1.82) is 0 Å². The summed E-state index contributed by atoms with van der Waals surface area (Å²) < 4.78 is 0. The lowest BCUT2D eigenvalue weighted by molar-refractivity contribution is 0.445. The summed E-state index contributed by atoms with van der Waals surface area (Å²) in [6, 6.07) is 5.90. The van der Waals surface area contributed by atoms with Crippen LogP contribution in [0, 0.1) is 0 Å². The molecule has 3 rings (SSSR count). The largest absolute Gasteiger partial charge is 0.508 e. The zero-order valence-corrected chi connectivity index (χ0v) is 9.93. The monoisotopic (exact) mass is 245 g/mol. The molecular formula is C12H15N5O. The van der Waals surface area contributed by atoms with Gasteiger partial charge in [-0.05, 0) is 42.5 Å². The number of aromatic hydroxyl groups is 1. The molecule has 0 radical (unpaired) electrons. The van der Waals surface area contributed by atoms with E-state index in [1.54, 1.807) is 6.07 Å². The van der Waals surface area contributed by atoms with Crippen LogP contribution in [0.3, 0.4) is 0 Å². The first kappa shape index (κ1) is 11.2. The fourth-order valence-corrected chi connectivity index (χ4v) is 2.48. The van der Waals surface area contributed by atoms with Gasteiger partial charge >= 0.3 is 0 Å². The maximum atomic E-state index is 9.50. The van der Waals surface area contributed by atoms with Gasteiger partial charge in [0.25, 0.3) is 0 Å². The van der Waals surface area contributed by atoms with Gasteiger partial charge in [-0.15, -0.1) is 10.2 Å². The van der Waals surface area contributed by atoms with E-state index in [1.807, 2.05) is 12.1 Å². The van der Waals surface area contributed by atoms with Crippen LogP contribution in [0.15, 0.2) is 18.2 Å². The Morgan fingerprint density at radius 1 is 1.44 bits per heavy atom. The van der Waals surface area contributed by atoms with Crippen molar-refractivity contribution in [2.75, 3.05) is 0 Å². The molecular weight excluding hydrogens is 230 g/mol. The van der Waals surface area contributed by atoms with Crippen LogP contribution in [0.25, 0.3) is 0 Å². The van der Waals surface area contributed by atoms with Crippen molar-refractivity contribution in [3.8, 4) is 5.75 Å². The number of hydrogen-bond acceptors (Lipinski definition) is 5. The molecule has 1 atom stereocenters. The van der Waals surface area contributed by atoms with Gasteiger partial charge in [0.1, 0.15) is 5.75 Å². The highest BCUT2D eigenvalue weighted by molar-refractivity contribution is 5.38. The third-order valence-corrected chi connectivity index (χ3v) is 3.34. The number of H-pyrrole nitrogens is 1. The Morgan fingerprint density at radius 3 is 3.22 bits per heavy atom. The SMILES string of the molecule is Oc1ccc2c(c1)CCCC2NCc1nn[nH]n1. The van der Waals surface area contributed by atoms with Crippen LogP contribution in [-0.2, 0) is 13.0 Å². The number of phenols is 1. The fraction of sp³-hybridized carbons (Fsp3) is 0.417. The Morgan fingerprint density at radius 2 is 2.39 bits per heavy atom. The molecule has 0 aliphatic heterocycles. The number of phenolic OH excluding ortho intramolecular Hbond substituents is 1. The molecule has 1 aliphatic rings. The van der Waals surface area contributed by atoms with E-state index < -0.39 is 0 Å². The molecule has 0 amide bonds. The van der Waals surface area contributed by atoms with Gasteiger partial charge in [0.05, 0.1) is 6.54 Å². The number of nitrogens with one attached hydrogen (secondary N) is 2. The predicted octanol–water partition coefficient (Wildman–Crippen LogP) is 1.07. The number of fused-ring (bicyclic) bond motifs is 1. The normalized spacial score (nSPS) is 18.6. The van der Waals surface area contributed by atoms with E-state index >= 15 is 0 Å². The van der Waals surface area contributed by atoms with Crippen LogP contribution in [-0.4, -0.2) is 25.7 Å². The van der Waals surface area contributed by atoms with Crippen LogP contribution >= 0.6 is 0 Å². The molecule has 18 heavy (non-hydrogen) atoms. The number of aromatic amines is 1. The smallest absolute Gasteiger partial charge is 0.188 e. The summed E-state index contributed by atoms with van der Waals surface area (Å²) in [7, 11) is 0. The van der Waals surface area contributed by atoms with Gasteiger partial charge in [-0.1, -0.05) is 11.3 Å². The number of hydrogen-bond donors (Lipinski definition) is 3. The van der Waals surface area contributed by atoms with Gasteiger partial charge in [0, 0.05) is 6.04 Å². The molecule has 1 unspecified atom stereocenters. The van der Waals surface area contributed by atoms with Gasteiger partial charge in [0.15, 0.2) is 5.82 Å². The number of rotatable bonds is 3. The highest BCUT2D eigenvalue weighted by Crippen LogP contribution is 2.31. The zero-order valence-electron chi connectivity index (χ0n) is 9.93. The maximum Gasteiger partial charge on any atom is 0.188 e. The zero-order chi connectivity index (χ0) is 12.4. The average Bonchev–Trinajstić information content (AvgIpc) is 2.89. The van der Waals surface area contributed by atoms with Crippen molar-refractivity contribution in [2.24, 2.45) is 0 Å². The number of benzene rings is 1. The van der Waals surface area contributed by atoms with E-state index in [4.69, 9.17) is 0 Å².